The number of aromatic nitrogens is 5. The van der Waals surface area contributed by atoms with Gasteiger partial charge in [0.2, 0.25) is 22.9 Å². The molecule has 0 radical (unpaired) electrons. The maximum atomic E-state index is 14.1. The lowest BCUT2D eigenvalue weighted by Gasteiger charge is -2.19. The zero-order chi connectivity index (χ0) is 52.4. The number of nitrogens with two attached hydrogens (primary N) is 1. The summed E-state index contributed by atoms with van der Waals surface area (Å²) in [4.78, 5) is 81.4. The number of para-hydroxylation sites is 2. The van der Waals surface area contributed by atoms with Gasteiger partial charge in [-0.2, -0.15) is 9.55 Å². The van der Waals surface area contributed by atoms with Crippen LogP contribution in [0.5, 0.6) is 5.75 Å². The van der Waals surface area contributed by atoms with Crippen molar-refractivity contribution in [3.05, 3.63) is 171 Å². The number of hydrogen-bond donors (Lipinski definition) is 6. The van der Waals surface area contributed by atoms with Crippen LogP contribution >= 0.6 is 0 Å². The zero-order valence-corrected chi connectivity index (χ0v) is 41.2. The van der Waals surface area contributed by atoms with E-state index in [4.69, 9.17) is 15.2 Å². The largest absolute Gasteiger partial charge is 0.748 e. The lowest BCUT2D eigenvalue weighted by atomic mass is 10.0. The standard InChI is InChI=1S/C53H52N10O10S/c1-32-27-36(28-33(2)46(32)73-52(68)44-39-13-6-8-15-42(39)63(23-10-26-74(69,70)71)43-16-9-7-14-40(43)44)48(64)55-21-24-72-25-22-56-50(66)41(29-34-11-4-3-5-12-34)60-49(65)35-17-19-37(20-18-35)57-30-38-31-58-47-45(59-38)51(67)62-53(54)61-47/h3-9,11-20,27-28,31,41H,10,21-26,29-30H2,1-2H3,(H7-,54,55,56,57,58,60,61,62,64,65,66,67,69,70,71). The molecule has 1 unspecified atom stereocenters. The Hall–Kier alpha value is -8.66. The van der Waals surface area contributed by atoms with E-state index in [-0.39, 0.29) is 75.3 Å². The van der Waals surface area contributed by atoms with Crippen LogP contribution in [0.3, 0.4) is 0 Å². The fourth-order valence-corrected chi connectivity index (χ4v) is 8.94. The Morgan fingerprint density at radius 1 is 0.797 bits per heavy atom. The van der Waals surface area contributed by atoms with Gasteiger partial charge in [-0.3, -0.25) is 24.2 Å². The molecule has 0 aliphatic rings. The second kappa shape index (κ2) is 23.3. The van der Waals surface area contributed by atoms with Crippen molar-refractivity contribution in [2.75, 3.05) is 43.1 Å². The highest BCUT2D eigenvalue weighted by Crippen LogP contribution is 2.30. The Kier molecular flexibility index (Phi) is 16.2. The van der Waals surface area contributed by atoms with Crippen LogP contribution in [0.15, 0.2) is 126 Å². The number of nitrogens with one attached hydrogen (secondary N) is 5. The third kappa shape index (κ3) is 12.9. The smallest absolute Gasteiger partial charge is 0.345 e. The van der Waals surface area contributed by atoms with Gasteiger partial charge in [0.1, 0.15) is 11.8 Å². The Balaban J connectivity index is 0.813. The Morgan fingerprint density at radius 3 is 2.09 bits per heavy atom. The van der Waals surface area contributed by atoms with Crippen LogP contribution in [0.4, 0.5) is 11.6 Å². The molecule has 0 saturated carbocycles. The molecule has 0 aliphatic heterocycles. The number of fused-ring (bicyclic) bond motifs is 3. The van der Waals surface area contributed by atoms with Gasteiger partial charge in [-0.25, -0.2) is 23.2 Å². The summed E-state index contributed by atoms with van der Waals surface area (Å²) >= 11 is 0. The quantitative estimate of drug-likeness (QED) is 0.0147. The van der Waals surface area contributed by atoms with Crippen LogP contribution in [0.25, 0.3) is 33.0 Å². The molecule has 380 valence electrons. The number of H-pyrrole nitrogens is 1. The van der Waals surface area contributed by atoms with Crippen molar-refractivity contribution in [2.45, 2.75) is 45.8 Å². The van der Waals surface area contributed by atoms with Crippen LogP contribution in [0.1, 0.15) is 59.9 Å². The molecule has 21 heteroatoms. The third-order valence-corrected chi connectivity index (χ3v) is 12.7. The summed E-state index contributed by atoms with van der Waals surface area (Å²) in [6.07, 6.45) is 1.81. The van der Waals surface area contributed by atoms with Gasteiger partial charge < -0.3 is 41.0 Å². The van der Waals surface area contributed by atoms with Gasteiger partial charge in [-0.15, -0.1) is 0 Å². The highest BCUT2D eigenvalue weighted by molar-refractivity contribution is 7.85. The fourth-order valence-electron chi connectivity index (χ4n) is 8.46. The number of amides is 3. The van der Waals surface area contributed by atoms with E-state index in [1.807, 2.05) is 59.2 Å². The summed E-state index contributed by atoms with van der Waals surface area (Å²) in [5.41, 5.74) is 10.7. The van der Waals surface area contributed by atoms with Gasteiger partial charge in [0.25, 0.3) is 17.4 Å². The first-order valence-electron chi connectivity index (χ1n) is 23.6. The number of esters is 1. The topological polar surface area (TPSA) is 293 Å². The molecule has 74 heavy (non-hydrogen) atoms. The number of nitrogen functional groups attached to an aromatic ring is 1. The van der Waals surface area contributed by atoms with Gasteiger partial charge in [-0.1, -0.05) is 54.6 Å². The van der Waals surface area contributed by atoms with E-state index < -0.39 is 45.3 Å². The molecule has 0 saturated heterocycles. The first kappa shape index (κ1) is 51.7. The summed E-state index contributed by atoms with van der Waals surface area (Å²) in [7, 11) is -4.41. The Bertz CT molecular complexity index is 3500. The minimum absolute atomic E-state index is 0.0536. The van der Waals surface area contributed by atoms with Crippen molar-refractivity contribution in [3.8, 4) is 5.75 Å². The van der Waals surface area contributed by atoms with Gasteiger partial charge in [0.15, 0.2) is 17.7 Å². The fraction of sp³-hybridized carbons (Fsp3) is 0.226. The van der Waals surface area contributed by atoms with Crippen LogP contribution in [0, 0.1) is 13.8 Å². The van der Waals surface area contributed by atoms with Crippen molar-refractivity contribution in [2.24, 2.45) is 0 Å². The van der Waals surface area contributed by atoms with E-state index in [0.717, 1.165) is 5.56 Å². The number of rotatable bonds is 21. The maximum Gasteiger partial charge on any atom is 0.345 e. The van der Waals surface area contributed by atoms with Crippen LogP contribution in [-0.2, 0) is 39.2 Å². The lowest BCUT2D eigenvalue weighted by Crippen LogP contribution is -2.48. The molecule has 0 bridgehead atoms. The molecule has 20 nitrogen and oxygen atoms in total. The molecule has 0 aliphatic carbocycles. The van der Waals surface area contributed by atoms with Crippen molar-refractivity contribution >= 4 is 78.4 Å². The van der Waals surface area contributed by atoms with E-state index in [1.165, 1.54) is 6.20 Å². The van der Waals surface area contributed by atoms with E-state index in [9.17, 15) is 36.9 Å². The minimum Gasteiger partial charge on any atom is -0.748 e. The van der Waals surface area contributed by atoms with Gasteiger partial charge >= 0.3 is 5.97 Å². The van der Waals surface area contributed by atoms with Crippen LogP contribution < -0.4 is 41.9 Å². The molecule has 1 atom stereocenters. The molecule has 3 amide bonds. The first-order valence-corrected chi connectivity index (χ1v) is 25.1. The molecule has 3 heterocycles. The molecule has 7 N–H and O–H groups in total. The molecule has 8 rings (SSSR count). The number of aryl methyl sites for hydroxylation is 3. The van der Waals surface area contributed by atoms with Gasteiger partial charge in [-0.05, 0) is 79.1 Å². The van der Waals surface area contributed by atoms with Gasteiger partial charge in [0, 0.05) is 60.6 Å². The number of pyridine rings is 1. The Morgan fingerprint density at radius 2 is 1.43 bits per heavy atom. The molecule has 8 aromatic rings. The number of benzene rings is 5. The number of ether oxygens (including phenoxy) is 2. The number of carbonyl (C=O) groups excluding carboxylic acids is 4. The molecule has 0 fully saturated rings. The second-order valence-corrected chi connectivity index (χ2v) is 18.8. The highest BCUT2D eigenvalue weighted by atomic mass is 32.2. The van der Waals surface area contributed by atoms with Crippen molar-refractivity contribution in [1.82, 2.24) is 35.9 Å². The lowest BCUT2D eigenvalue weighted by molar-refractivity contribution is -0.645. The number of carbonyl (C=O) groups is 4. The number of anilines is 2. The third-order valence-electron chi connectivity index (χ3n) is 11.9. The predicted molar refractivity (Wildman–Crippen MR) is 275 cm³/mol. The van der Waals surface area contributed by atoms with Crippen molar-refractivity contribution in [3.63, 3.8) is 0 Å². The molecule has 0 spiro atoms. The number of hydrogen-bond acceptors (Lipinski definition) is 15. The van der Waals surface area contributed by atoms with Crippen molar-refractivity contribution < 1.29 is 46.2 Å². The SMILES string of the molecule is Cc1cc(C(=O)NCCOCCNC(=O)C(Cc2ccccc2)NC(=O)c2ccc(NCc3cnc4nc(N)[nH]c(=O)c4n3)cc2)cc(C)c1OC(=O)c1c2ccccc2[n+](CCCS(=O)(=O)[O-])c2ccccc12. The van der Waals surface area contributed by atoms with Crippen LogP contribution in [0.2, 0.25) is 0 Å². The average molecular weight is 1020 g/mol. The van der Waals surface area contributed by atoms with Crippen molar-refractivity contribution in [1.29, 1.82) is 0 Å². The van der Waals surface area contributed by atoms with E-state index in [1.54, 1.807) is 74.5 Å². The summed E-state index contributed by atoms with van der Waals surface area (Å²) in [6.45, 7) is 4.52. The summed E-state index contributed by atoms with van der Waals surface area (Å²) in [5.74, 6) is -2.13. The molecule has 3 aromatic heterocycles. The van der Waals surface area contributed by atoms with Gasteiger partial charge in [0.05, 0.1) is 58.1 Å². The molecular formula is C53H52N10O10S. The average Bonchev–Trinajstić information content (AvgIpc) is 3.38. The molecular weight excluding hydrogens is 969 g/mol. The maximum absolute atomic E-state index is 14.1. The first-order chi connectivity index (χ1) is 35.6. The molecule has 5 aromatic carbocycles. The second-order valence-electron chi connectivity index (χ2n) is 17.3. The summed E-state index contributed by atoms with van der Waals surface area (Å²) in [6, 6.07) is 32.7. The summed E-state index contributed by atoms with van der Waals surface area (Å²) in [5, 5.41) is 12.9. The monoisotopic (exact) mass is 1020 g/mol. The van der Waals surface area contributed by atoms with E-state index in [2.05, 4.69) is 41.2 Å². The van der Waals surface area contributed by atoms with E-state index in [0.29, 0.717) is 66.8 Å². The van der Waals surface area contributed by atoms with E-state index >= 15 is 0 Å². The highest BCUT2D eigenvalue weighted by Gasteiger charge is 2.27. The summed E-state index contributed by atoms with van der Waals surface area (Å²) < 4.78 is 47.8. The predicted octanol–water partition coefficient (Wildman–Crippen LogP) is 4.18. The number of nitrogens with zero attached hydrogens (tertiary/aromatic N) is 4. The normalized spacial score (nSPS) is 11.8. The van der Waals surface area contributed by atoms with Crippen LogP contribution in [-0.4, -0.2) is 94.7 Å². The minimum atomic E-state index is -4.41. The Labute approximate surface area is 424 Å². The zero-order valence-electron chi connectivity index (χ0n) is 40.3. The number of aromatic amines is 1.